The van der Waals surface area contributed by atoms with E-state index in [2.05, 4.69) is 33.3 Å². The van der Waals surface area contributed by atoms with Crippen LogP contribution in [0, 0.1) is 23.2 Å². The molecular formula is C24H29N7O2. The van der Waals surface area contributed by atoms with Crippen LogP contribution in [-0.2, 0) is 11.2 Å². The topological polar surface area (TPSA) is 128 Å². The number of aromatic nitrogens is 2. The van der Waals surface area contributed by atoms with E-state index in [1.807, 2.05) is 17.0 Å². The van der Waals surface area contributed by atoms with Gasteiger partial charge in [0.25, 0.3) is 5.91 Å². The van der Waals surface area contributed by atoms with Crippen LogP contribution in [0.5, 0.6) is 0 Å². The zero-order valence-electron chi connectivity index (χ0n) is 18.8. The second kappa shape index (κ2) is 9.96. The molecule has 0 bridgehead atoms. The van der Waals surface area contributed by atoms with Gasteiger partial charge in [0.2, 0.25) is 11.9 Å². The normalized spacial score (nSPS) is 20.9. The third-order valence-electron chi connectivity index (χ3n) is 6.65. The lowest BCUT2D eigenvalue weighted by Crippen LogP contribution is -2.47. The Hall–Kier alpha value is -3.51. The van der Waals surface area contributed by atoms with E-state index in [4.69, 9.17) is 5.73 Å². The van der Waals surface area contributed by atoms with E-state index in [0.29, 0.717) is 29.2 Å². The molecule has 33 heavy (non-hydrogen) atoms. The third kappa shape index (κ3) is 5.29. The number of likely N-dealkylation sites (N-methyl/N-ethyl adjacent to an activating group) is 1. The summed E-state index contributed by atoms with van der Waals surface area (Å²) in [6.07, 6.45) is 4.66. The minimum Gasteiger partial charge on any atom is -0.369 e. The van der Waals surface area contributed by atoms with Crippen LogP contribution in [0.25, 0.3) is 0 Å². The first-order chi connectivity index (χ1) is 15.9. The van der Waals surface area contributed by atoms with Crippen LogP contribution >= 0.6 is 0 Å². The van der Waals surface area contributed by atoms with Gasteiger partial charge >= 0.3 is 0 Å². The SMILES string of the molecule is CN1CCN(C(=O)c2ccc(Nc3ncc(C#N)c(C[C@@H]4CCC[C@@H]4C(N)=O)n3)cc2)CC1. The molecule has 2 aromatic rings. The van der Waals surface area contributed by atoms with Crippen molar-refractivity contribution in [2.24, 2.45) is 17.6 Å². The molecule has 1 aromatic heterocycles. The second-order valence-corrected chi connectivity index (χ2v) is 8.87. The number of primary amides is 1. The van der Waals surface area contributed by atoms with Gasteiger partial charge in [0.15, 0.2) is 0 Å². The quantitative estimate of drug-likeness (QED) is 0.692. The number of hydrogen-bond donors (Lipinski definition) is 2. The first-order valence-electron chi connectivity index (χ1n) is 11.3. The van der Waals surface area contributed by atoms with Gasteiger partial charge in [-0.15, -0.1) is 0 Å². The molecule has 1 saturated heterocycles. The van der Waals surface area contributed by atoms with Gasteiger partial charge in [-0.25, -0.2) is 9.97 Å². The number of benzene rings is 1. The van der Waals surface area contributed by atoms with Gasteiger partial charge in [-0.3, -0.25) is 9.59 Å². The maximum Gasteiger partial charge on any atom is 0.253 e. The number of nitriles is 1. The van der Waals surface area contributed by atoms with Crippen molar-refractivity contribution >= 4 is 23.5 Å². The number of piperazine rings is 1. The minimum absolute atomic E-state index is 0.0344. The van der Waals surface area contributed by atoms with Crippen molar-refractivity contribution in [2.45, 2.75) is 25.7 Å². The molecule has 1 aliphatic carbocycles. The van der Waals surface area contributed by atoms with Gasteiger partial charge < -0.3 is 20.9 Å². The van der Waals surface area contributed by atoms with E-state index in [9.17, 15) is 14.9 Å². The molecule has 1 saturated carbocycles. The van der Waals surface area contributed by atoms with E-state index in [1.165, 1.54) is 6.20 Å². The molecule has 2 atom stereocenters. The van der Waals surface area contributed by atoms with E-state index in [0.717, 1.165) is 51.1 Å². The van der Waals surface area contributed by atoms with Gasteiger partial charge in [-0.1, -0.05) is 6.42 Å². The Bertz CT molecular complexity index is 1060. The summed E-state index contributed by atoms with van der Waals surface area (Å²) >= 11 is 0. The van der Waals surface area contributed by atoms with Crippen LogP contribution in [-0.4, -0.2) is 64.8 Å². The highest BCUT2D eigenvalue weighted by Gasteiger charge is 2.32. The van der Waals surface area contributed by atoms with Crippen LogP contribution in [0.15, 0.2) is 30.5 Å². The molecular weight excluding hydrogens is 418 g/mol. The molecule has 0 unspecified atom stereocenters. The fraction of sp³-hybridized carbons (Fsp3) is 0.458. The lowest BCUT2D eigenvalue weighted by molar-refractivity contribution is -0.122. The number of anilines is 2. The summed E-state index contributed by atoms with van der Waals surface area (Å²) in [6.45, 7) is 3.22. The lowest BCUT2D eigenvalue weighted by atomic mass is 9.90. The van der Waals surface area contributed by atoms with Crippen molar-refractivity contribution < 1.29 is 9.59 Å². The average molecular weight is 448 g/mol. The molecule has 2 aliphatic rings. The van der Waals surface area contributed by atoms with E-state index in [-0.39, 0.29) is 23.7 Å². The van der Waals surface area contributed by atoms with Crippen LogP contribution < -0.4 is 11.1 Å². The lowest BCUT2D eigenvalue weighted by Gasteiger charge is -2.32. The molecule has 0 spiro atoms. The minimum atomic E-state index is -0.283. The van der Waals surface area contributed by atoms with Crippen LogP contribution in [0.4, 0.5) is 11.6 Å². The number of rotatable bonds is 6. The molecule has 1 aromatic carbocycles. The summed E-state index contributed by atoms with van der Waals surface area (Å²) < 4.78 is 0. The molecule has 2 fully saturated rings. The zero-order valence-corrected chi connectivity index (χ0v) is 18.8. The van der Waals surface area contributed by atoms with Crippen molar-refractivity contribution in [3.63, 3.8) is 0 Å². The molecule has 3 N–H and O–H groups in total. The van der Waals surface area contributed by atoms with Crippen LogP contribution in [0.3, 0.4) is 0 Å². The van der Waals surface area contributed by atoms with Gasteiger partial charge in [0.05, 0.1) is 17.5 Å². The highest BCUT2D eigenvalue weighted by molar-refractivity contribution is 5.94. The summed E-state index contributed by atoms with van der Waals surface area (Å²) in [5.74, 6) is 0.0445. The summed E-state index contributed by atoms with van der Waals surface area (Å²) in [6, 6.07) is 9.38. The standard InChI is InChI=1S/C24H29N7O2/c1-30-9-11-31(12-10-30)23(33)16-5-7-19(8-6-16)28-24-27-15-18(14-25)21(29-24)13-17-3-2-4-20(17)22(26)32/h5-8,15,17,20H,2-4,9-13H2,1H3,(H2,26,32)(H,27,28,29)/t17-,20-/m0/s1. The van der Waals surface area contributed by atoms with Crippen molar-refractivity contribution in [3.05, 3.63) is 47.3 Å². The zero-order chi connectivity index (χ0) is 23.4. The van der Waals surface area contributed by atoms with E-state index in [1.54, 1.807) is 12.1 Å². The Morgan fingerprint density at radius 2 is 1.91 bits per heavy atom. The molecule has 172 valence electrons. The Morgan fingerprint density at radius 1 is 1.18 bits per heavy atom. The monoisotopic (exact) mass is 447 g/mol. The van der Waals surface area contributed by atoms with Crippen molar-refractivity contribution in [1.82, 2.24) is 19.8 Å². The fourth-order valence-electron chi connectivity index (χ4n) is 4.65. The van der Waals surface area contributed by atoms with Crippen molar-refractivity contribution in [3.8, 4) is 6.07 Å². The Kier molecular flexibility index (Phi) is 6.84. The van der Waals surface area contributed by atoms with Crippen molar-refractivity contribution in [2.75, 3.05) is 38.5 Å². The van der Waals surface area contributed by atoms with E-state index >= 15 is 0 Å². The van der Waals surface area contributed by atoms with Crippen LogP contribution in [0.1, 0.15) is 40.9 Å². The highest BCUT2D eigenvalue weighted by Crippen LogP contribution is 2.34. The smallest absolute Gasteiger partial charge is 0.253 e. The maximum absolute atomic E-state index is 12.7. The summed E-state index contributed by atoms with van der Waals surface area (Å²) in [5, 5.41) is 12.6. The maximum atomic E-state index is 12.7. The number of carbonyl (C=O) groups is 2. The molecule has 4 rings (SSSR count). The molecule has 9 nitrogen and oxygen atoms in total. The predicted molar refractivity (Wildman–Crippen MR) is 124 cm³/mol. The van der Waals surface area contributed by atoms with Crippen LogP contribution in [0.2, 0.25) is 0 Å². The summed E-state index contributed by atoms with van der Waals surface area (Å²) in [4.78, 5) is 37.4. The van der Waals surface area contributed by atoms with Gasteiger partial charge in [0.1, 0.15) is 6.07 Å². The number of amides is 2. The molecule has 2 heterocycles. The average Bonchev–Trinajstić information content (AvgIpc) is 3.28. The first kappa shape index (κ1) is 22.7. The summed E-state index contributed by atoms with van der Waals surface area (Å²) in [5.41, 5.74) is 7.97. The molecule has 1 aliphatic heterocycles. The Balaban J connectivity index is 1.44. The number of nitrogens with two attached hydrogens (primary N) is 1. The largest absolute Gasteiger partial charge is 0.369 e. The molecule has 2 amide bonds. The third-order valence-corrected chi connectivity index (χ3v) is 6.65. The fourth-order valence-corrected chi connectivity index (χ4v) is 4.65. The number of nitrogens with one attached hydrogen (secondary N) is 1. The number of nitrogens with zero attached hydrogens (tertiary/aromatic N) is 5. The van der Waals surface area contributed by atoms with Gasteiger partial charge in [-0.2, -0.15) is 5.26 Å². The second-order valence-electron chi connectivity index (χ2n) is 8.87. The van der Waals surface area contributed by atoms with Gasteiger partial charge in [-0.05, 0) is 56.5 Å². The Morgan fingerprint density at radius 3 is 2.58 bits per heavy atom. The van der Waals surface area contributed by atoms with Crippen molar-refractivity contribution in [1.29, 1.82) is 5.26 Å². The molecule has 0 radical (unpaired) electrons. The predicted octanol–water partition coefficient (Wildman–Crippen LogP) is 1.92. The van der Waals surface area contributed by atoms with Gasteiger partial charge in [0, 0.05) is 43.3 Å². The number of carbonyl (C=O) groups excluding carboxylic acids is 2. The first-order valence-corrected chi connectivity index (χ1v) is 11.3. The summed E-state index contributed by atoms with van der Waals surface area (Å²) in [7, 11) is 2.06. The molecule has 9 heteroatoms. The number of hydrogen-bond acceptors (Lipinski definition) is 7. The Labute approximate surface area is 193 Å². The van der Waals surface area contributed by atoms with E-state index < -0.39 is 0 Å². The highest BCUT2D eigenvalue weighted by atomic mass is 16.2.